The number of nitriles is 1. The molecule has 4 rings (SSSR count). The Morgan fingerprint density at radius 3 is 2.62 bits per heavy atom. The average Bonchev–Trinajstić information content (AvgIpc) is 3.05. The highest BCUT2D eigenvalue weighted by Gasteiger charge is 2.31. The summed E-state index contributed by atoms with van der Waals surface area (Å²) in [5.41, 5.74) is 0.795. The Morgan fingerprint density at radius 2 is 1.94 bits per heavy atom. The number of rotatable bonds is 4. The Bertz CT molecular complexity index is 1130. The Morgan fingerprint density at radius 1 is 1.12 bits per heavy atom. The Labute approximate surface area is 182 Å². The van der Waals surface area contributed by atoms with Gasteiger partial charge in [0.1, 0.15) is 23.2 Å². The zero-order chi connectivity index (χ0) is 22.7. The first-order valence-corrected chi connectivity index (χ1v) is 10.1. The number of hydrogen-bond donors (Lipinski definition) is 2. The van der Waals surface area contributed by atoms with Gasteiger partial charge in [-0.25, -0.2) is 9.97 Å². The molecule has 1 aliphatic rings. The van der Waals surface area contributed by atoms with Gasteiger partial charge in [0.2, 0.25) is 0 Å². The van der Waals surface area contributed by atoms with Gasteiger partial charge in [-0.05, 0) is 30.7 Å². The molecule has 0 saturated carbocycles. The van der Waals surface area contributed by atoms with E-state index in [4.69, 9.17) is 0 Å². The molecular formula is C22H21F3N6O. The van der Waals surface area contributed by atoms with Crippen molar-refractivity contribution in [2.24, 2.45) is 0 Å². The van der Waals surface area contributed by atoms with Gasteiger partial charge in [-0.1, -0.05) is 12.1 Å². The number of pyridine rings is 1. The van der Waals surface area contributed by atoms with Crippen molar-refractivity contribution < 1.29 is 18.3 Å². The fourth-order valence-electron chi connectivity index (χ4n) is 3.72. The summed E-state index contributed by atoms with van der Waals surface area (Å²) in [6, 6.07) is 11.8. The summed E-state index contributed by atoms with van der Waals surface area (Å²) in [7, 11) is 0. The van der Waals surface area contributed by atoms with E-state index in [-0.39, 0.29) is 17.9 Å². The van der Waals surface area contributed by atoms with Crippen LogP contribution in [0, 0.1) is 11.3 Å². The van der Waals surface area contributed by atoms with Crippen LogP contribution in [-0.2, 0) is 6.18 Å². The van der Waals surface area contributed by atoms with E-state index in [1.807, 2.05) is 40.1 Å². The molecule has 0 bridgehead atoms. The summed E-state index contributed by atoms with van der Waals surface area (Å²) in [5.74, 6) is 0.726. The van der Waals surface area contributed by atoms with E-state index in [1.54, 1.807) is 0 Å². The number of benzene rings is 1. The second-order valence-corrected chi connectivity index (χ2v) is 7.56. The van der Waals surface area contributed by atoms with Crippen molar-refractivity contribution in [3.05, 3.63) is 59.7 Å². The van der Waals surface area contributed by atoms with Crippen molar-refractivity contribution in [2.45, 2.75) is 12.6 Å². The molecule has 3 aromatic rings. The predicted octanol–water partition coefficient (Wildman–Crippen LogP) is 3.98. The minimum atomic E-state index is -4.41. The van der Waals surface area contributed by atoms with Crippen LogP contribution >= 0.6 is 0 Å². The topological polar surface area (TPSA) is 92.1 Å². The van der Waals surface area contributed by atoms with Crippen molar-refractivity contribution in [3.63, 3.8) is 0 Å². The number of hydrogen-bond acceptors (Lipinski definition) is 6. The summed E-state index contributed by atoms with van der Waals surface area (Å²) in [6.07, 6.45) is -2.83. The van der Waals surface area contributed by atoms with Crippen LogP contribution in [0.4, 0.5) is 19.0 Å². The standard InChI is InChI=1S/C22H21F3N6O/c23-22(24,25)15-6-7-20(27-13-15)31-9-3-8-30(10-11-31)14-19(32)16(12-26)21-28-17-4-1-2-5-18(17)29-21/h1-2,4-7,13,32H,3,8-11,14H2,(H,28,29). The molecule has 7 nitrogen and oxygen atoms in total. The van der Waals surface area contributed by atoms with Gasteiger partial charge < -0.3 is 15.0 Å². The van der Waals surface area contributed by atoms with Crippen molar-refractivity contribution in [2.75, 3.05) is 37.6 Å². The monoisotopic (exact) mass is 442 g/mol. The number of fused-ring (bicyclic) bond motifs is 1. The molecular weight excluding hydrogens is 421 g/mol. The predicted molar refractivity (Wildman–Crippen MR) is 114 cm³/mol. The first-order chi connectivity index (χ1) is 15.3. The summed E-state index contributed by atoms with van der Waals surface area (Å²) in [4.78, 5) is 15.3. The highest BCUT2D eigenvalue weighted by Crippen LogP contribution is 2.29. The van der Waals surface area contributed by atoms with Gasteiger partial charge in [-0.3, -0.25) is 4.90 Å². The van der Waals surface area contributed by atoms with E-state index in [1.165, 1.54) is 6.07 Å². The third kappa shape index (κ3) is 4.68. The maximum absolute atomic E-state index is 12.8. The Kier molecular flexibility index (Phi) is 6.01. The van der Waals surface area contributed by atoms with Gasteiger partial charge >= 0.3 is 6.18 Å². The number of nitrogens with zero attached hydrogens (tertiary/aromatic N) is 5. The number of H-pyrrole nitrogens is 1. The third-order valence-electron chi connectivity index (χ3n) is 5.39. The lowest BCUT2D eigenvalue weighted by atomic mass is 10.2. The number of halogens is 3. The van der Waals surface area contributed by atoms with Gasteiger partial charge in [0.05, 0.1) is 23.1 Å². The zero-order valence-corrected chi connectivity index (χ0v) is 17.1. The molecule has 2 aromatic heterocycles. The SMILES string of the molecule is N#CC(=C(O)CN1CCCN(c2ccc(C(F)(F)F)cn2)CC1)c1nc2ccccc2[nH]1. The number of allylic oxidation sites excluding steroid dienone is 1. The van der Waals surface area contributed by atoms with E-state index in [0.29, 0.717) is 43.3 Å². The number of aliphatic hydroxyl groups is 1. The first kappa shape index (κ1) is 21.6. The number of para-hydroxylation sites is 2. The lowest BCUT2D eigenvalue weighted by molar-refractivity contribution is -0.137. The molecule has 166 valence electrons. The number of alkyl halides is 3. The number of aromatic amines is 1. The van der Waals surface area contributed by atoms with Crippen LogP contribution in [-0.4, -0.2) is 57.7 Å². The summed E-state index contributed by atoms with van der Waals surface area (Å²) >= 11 is 0. The number of imidazole rings is 1. The summed E-state index contributed by atoms with van der Waals surface area (Å²) < 4.78 is 38.3. The minimum absolute atomic E-state index is 0.0762. The van der Waals surface area contributed by atoms with Crippen LogP contribution in [0.15, 0.2) is 48.4 Å². The molecule has 0 amide bonds. The highest BCUT2D eigenvalue weighted by atomic mass is 19.4. The Hall–Kier alpha value is -3.58. The van der Waals surface area contributed by atoms with Crippen LogP contribution in [0.2, 0.25) is 0 Å². The van der Waals surface area contributed by atoms with Gasteiger partial charge in [0.15, 0.2) is 5.82 Å². The molecule has 0 atom stereocenters. The quantitative estimate of drug-likeness (QED) is 0.469. The molecule has 10 heteroatoms. The molecule has 0 radical (unpaired) electrons. The molecule has 32 heavy (non-hydrogen) atoms. The molecule has 0 spiro atoms. The van der Waals surface area contributed by atoms with Crippen LogP contribution in [0.5, 0.6) is 0 Å². The molecule has 0 unspecified atom stereocenters. The average molecular weight is 442 g/mol. The number of aliphatic hydroxyl groups excluding tert-OH is 1. The molecule has 2 N–H and O–H groups in total. The minimum Gasteiger partial charge on any atom is -0.509 e. The van der Waals surface area contributed by atoms with E-state index in [2.05, 4.69) is 15.0 Å². The van der Waals surface area contributed by atoms with Crippen molar-refractivity contribution in [1.29, 1.82) is 5.26 Å². The van der Waals surface area contributed by atoms with Crippen LogP contribution < -0.4 is 4.90 Å². The largest absolute Gasteiger partial charge is 0.509 e. The van der Waals surface area contributed by atoms with Gasteiger partial charge in [0, 0.05) is 32.4 Å². The zero-order valence-electron chi connectivity index (χ0n) is 17.1. The van der Waals surface area contributed by atoms with E-state index >= 15 is 0 Å². The molecule has 3 heterocycles. The van der Waals surface area contributed by atoms with E-state index in [9.17, 15) is 23.5 Å². The molecule has 1 aliphatic heterocycles. The van der Waals surface area contributed by atoms with Crippen LogP contribution in [0.1, 0.15) is 17.8 Å². The van der Waals surface area contributed by atoms with Crippen molar-refractivity contribution >= 4 is 22.4 Å². The van der Waals surface area contributed by atoms with Gasteiger partial charge in [0.25, 0.3) is 0 Å². The molecule has 1 saturated heterocycles. The lowest BCUT2D eigenvalue weighted by Crippen LogP contribution is -2.32. The summed E-state index contributed by atoms with van der Waals surface area (Å²) in [5, 5.41) is 20.2. The number of nitrogens with one attached hydrogen (secondary N) is 1. The van der Waals surface area contributed by atoms with E-state index < -0.39 is 11.7 Å². The van der Waals surface area contributed by atoms with Crippen molar-refractivity contribution in [1.82, 2.24) is 19.9 Å². The number of anilines is 1. The third-order valence-corrected chi connectivity index (χ3v) is 5.39. The maximum atomic E-state index is 12.8. The smallest absolute Gasteiger partial charge is 0.417 e. The summed E-state index contributed by atoms with van der Waals surface area (Å²) in [6.45, 7) is 2.58. The fourth-order valence-corrected chi connectivity index (χ4v) is 3.72. The second kappa shape index (κ2) is 8.88. The van der Waals surface area contributed by atoms with Crippen LogP contribution in [0.3, 0.4) is 0 Å². The lowest BCUT2D eigenvalue weighted by Gasteiger charge is -2.23. The van der Waals surface area contributed by atoms with Crippen molar-refractivity contribution in [3.8, 4) is 6.07 Å². The normalized spacial score (nSPS) is 16.5. The number of aromatic nitrogens is 3. The molecule has 1 fully saturated rings. The van der Waals surface area contributed by atoms with Crippen LogP contribution in [0.25, 0.3) is 16.6 Å². The molecule has 1 aromatic carbocycles. The molecule has 0 aliphatic carbocycles. The highest BCUT2D eigenvalue weighted by molar-refractivity contribution is 5.82. The Balaban J connectivity index is 1.44. The second-order valence-electron chi connectivity index (χ2n) is 7.56. The van der Waals surface area contributed by atoms with Gasteiger partial charge in [-0.2, -0.15) is 18.4 Å². The van der Waals surface area contributed by atoms with E-state index in [0.717, 1.165) is 24.2 Å². The van der Waals surface area contributed by atoms with Gasteiger partial charge in [-0.15, -0.1) is 0 Å². The fraction of sp³-hybridized carbons (Fsp3) is 0.318. The maximum Gasteiger partial charge on any atom is 0.417 e. The first-order valence-electron chi connectivity index (χ1n) is 10.1.